The molecule has 1 fully saturated rings. The van der Waals surface area contributed by atoms with Crippen LogP contribution in [0.3, 0.4) is 0 Å². The van der Waals surface area contributed by atoms with Crippen molar-refractivity contribution in [1.29, 1.82) is 0 Å². The van der Waals surface area contributed by atoms with Gasteiger partial charge in [-0.1, -0.05) is 11.6 Å². The van der Waals surface area contributed by atoms with Gasteiger partial charge in [-0.3, -0.25) is 4.79 Å². The molecule has 0 bridgehead atoms. The average Bonchev–Trinajstić information content (AvgIpc) is 2.28. The molecule has 1 aliphatic heterocycles. The van der Waals surface area contributed by atoms with Crippen LogP contribution in [0.25, 0.3) is 0 Å². The van der Waals surface area contributed by atoms with Gasteiger partial charge in [0, 0.05) is 18.1 Å². The Hall–Kier alpha value is -1.17. The Morgan fingerprint density at radius 2 is 2.33 bits per heavy atom. The van der Waals surface area contributed by atoms with Gasteiger partial charge >= 0.3 is 0 Å². The van der Waals surface area contributed by atoms with Crippen LogP contribution < -0.4 is 10.6 Å². The lowest BCUT2D eigenvalue weighted by Gasteiger charge is -2.38. The van der Waals surface area contributed by atoms with Gasteiger partial charge in [-0.15, -0.1) is 0 Å². The Morgan fingerprint density at radius 3 is 2.89 bits per heavy atom. The van der Waals surface area contributed by atoms with Crippen LogP contribution in [0.1, 0.15) is 6.92 Å². The first-order valence-electron chi connectivity index (χ1n) is 5.58. The average molecular weight is 273 g/mol. The number of hydrogen-bond acceptors (Lipinski definition) is 3. The number of carbonyl (C=O) groups excluding carboxylic acids is 1. The minimum absolute atomic E-state index is 0.0970. The summed E-state index contributed by atoms with van der Waals surface area (Å²) in [4.78, 5) is 11.6. The van der Waals surface area contributed by atoms with Crippen molar-refractivity contribution in [3.63, 3.8) is 0 Å². The largest absolute Gasteiger partial charge is 0.363 e. The van der Waals surface area contributed by atoms with Crippen LogP contribution in [0.2, 0.25) is 5.02 Å². The van der Waals surface area contributed by atoms with Gasteiger partial charge in [0.05, 0.1) is 11.3 Å². The van der Waals surface area contributed by atoms with E-state index in [-0.39, 0.29) is 28.8 Å². The van der Waals surface area contributed by atoms with Crippen LogP contribution in [0, 0.1) is 5.82 Å². The van der Waals surface area contributed by atoms with E-state index in [1.807, 2.05) is 6.92 Å². The zero-order chi connectivity index (χ0) is 13.2. The Labute approximate surface area is 109 Å². The molecule has 0 saturated carbocycles. The van der Waals surface area contributed by atoms with Crippen LogP contribution in [-0.4, -0.2) is 31.2 Å². The molecule has 0 aliphatic carbocycles. The topological polar surface area (TPSA) is 50.4 Å². The van der Waals surface area contributed by atoms with E-state index in [1.54, 1.807) is 0 Å². The molecule has 98 valence electrons. The molecule has 0 unspecified atom stereocenters. The van der Waals surface area contributed by atoms with Gasteiger partial charge in [0.1, 0.15) is 12.4 Å². The molecular weight excluding hydrogens is 259 g/mol. The first kappa shape index (κ1) is 13.3. The van der Waals surface area contributed by atoms with E-state index in [0.717, 1.165) is 19.2 Å². The molecule has 1 amide bonds. The molecule has 0 atom stereocenters. The lowest BCUT2D eigenvalue weighted by molar-refractivity contribution is -0.130. The van der Waals surface area contributed by atoms with E-state index in [1.165, 1.54) is 12.1 Å². The molecular formula is C12H14ClFN2O2. The van der Waals surface area contributed by atoms with Crippen molar-refractivity contribution in [1.82, 2.24) is 5.32 Å². The molecule has 6 heteroatoms. The summed E-state index contributed by atoms with van der Waals surface area (Å²) in [7, 11) is 0. The molecule has 1 saturated heterocycles. The highest BCUT2D eigenvalue weighted by atomic mass is 35.5. The number of anilines is 1. The van der Waals surface area contributed by atoms with Crippen molar-refractivity contribution in [2.45, 2.75) is 12.5 Å². The van der Waals surface area contributed by atoms with Crippen LogP contribution in [-0.2, 0) is 9.53 Å². The van der Waals surface area contributed by atoms with Crippen molar-refractivity contribution < 1.29 is 13.9 Å². The zero-order valence-electron chi connectivity index (χ0n) is 9.93. The van der Waals surface area contributed by atoms with E-state index < -0.39 is 5.82 Å². The second-order valence-corrected chi connectivity index (χ2v) is 4.95. The van der Waals surface area contributed by atoms with E-state index in [2.05, 4.69) is 10.6 Å². The van der Waals surface area contributed by atoms with Crippen molar-refractivity contribution in [3.05, 3.63) is 29.0 Å². The maximum Gasteiger partial charge on any atom is 0.250 e. The third-order valence-corrected chi connectivity index (χ3v) is 2.99. The Balaban J connectivity index is 1.87. The van der Waals surface area contributed by atoms with Crippen LogP contribution in [0.15, 0.2) is 18.2 Å². The van der Waals surface area contributed by atoms with Gasteiger partial charge in [0.15, 0.2) is 0 Å². The van der Waals surface area contributed by atoms with Crippen LogP contribution in [0.4, 0.5) is 10.1 Å². The molecule has 2 rings (SSSR count). The molecule has 0 radical (unpaired) electrons. The van der Waals surface area contributed by atoms with Gasteiger partial charge in [-0.2, -0.15) is 0 Å². The minimum Gasteiger partial charge on any atom is -0.363 e. The number of hydrogen-bond donors (Lipinski definition) is 2. The Kier molecular flexibility index (Phi) is 3.85. The lowest BCUT2D eigenvalue weighted by Crippen LogP contribution is -2.59. The summed E-state index contributed by atoms with van der Waals surface area (Å²) in [5.41, 5.74) is -0.194. The molecule has 18 heavy (non-hydrogen) atoms. The smallest absolute Gasteiger partial charge is 0.250 e. The fourth-order valence-corrected chi connectivity index (χ4v) is 1.75. The highest BCUT2D eigenvalue weighted by Gasteiger charge is 2.33. The first-order valence-corrected chi connectivity index (χ1v) is 5.96. The summed E-state index contributed by atoms with van der Waals surface area (Å²) in [6.45, 7) is 3.26. The number of rotatable bonds is 4. The number of nitrogens with one attached hydrogen (secondary N) is 2. The van der Waals surface area contributed by atoms with Gasteiger partial charge < -0.3 is 15.4 Å². The number of benzene rings is 1. The second-order valence-electron chi connectivity index (χ2n) is 4.51. The van der Waals surface area contributed by atoms with Crippen LogP contribution >= 0.6 is 11.6 Å². The third-order valence-electron chi connectivity index (χ3n) is 2.75. The zero-order valence-corrected chi connectivity index (χ0v) is 10.7. The monoisotopic (exact) mass is 272 g/mol. The number of ether oxygens (including phenoxy) is 1. The second kappa shape index (κ2) is 5.22. The lowest BCUT2D eigenvalue weighted by atomic mass is 10.0. The van der Waals surface area contributed by atoms with Gasteiger partial charge in [0.2, 0.25) is 5.91 Å². The normalized spacial score (nSPS) is 17.1. The molecule has 1 aromatic carbocycles. The van der Waals surface area contributed by atoms with Crippen molar-refractivity contribution >= 4 is 23.2 Å². The van der Waals surface area contributed by atoms with E-state index in [9.17, 15) is 9.18 Å². The standard InChI is InChI=1S/C12H14ClFN2O2/c1-12(6-15-7-12)18-5-11(17)16-10-3-2-8(13)4-9(10)14/h2-4,15H,5-7H2,1H3,(H,16,17). The highest BCUT2D eigenvalue weighted by molar-refractivity contribution is 6.30. The van der Waals surface area contributed by atoms with Crippen molar-refractivity contribution in [3.8, 4) is 0 Å². The van der Waals surface area contributed by atoms with E-state index in [4.69, 9.17) is 16.3 Å². The van der Waals surface area contributed by atoms with E-state index >= 15 is 0 Å². The fourth-order valence-electron chi connectivity index (χ4n) is 1.60. The highest BCUT2D eigenvalue weighted by Crippen LogP contribution is 2.19. The maximum absolute atomic E-state index is 13.4. The summed E-state index contributed by atoms with van der Waals surface area (Å²) >= 11 is 5.62. The first-order chi connectivity index (χ1) is 8.48. The van der Waals surface area contributed by atoms with Crippen LogP contribution in [0.5, 0.6) is 0 Å². The van der Waals surface area contributed by atoms with Gasteiger partial charge in [0.25, 0.3) is 0 Å². The molecule has 4 nitrogen and oxygen atoms in total. The SMILES string of the molecule is CC1(OCC(=O)Nc2ccc(Cl)cc2F)CNC1. The van der Waals surface area contributed by atoms with Crippen molar-refractivity contribution in [2.75, 3.05) is 25.0 Å². The predicted octanol–water partition coefficient (Wildman–Crippen LogP) is 1.80. The summed E-state index contributed by atoms with van der Waals surface area (Å²) in [6.07, 6.45) is 0. The van der Waals surface area contributed by atoms with Gasteiger partial charge in [-0.25, -0.2) is 4.39 Å². The summed E-state index contributed by atoms with van der Waals surface area (Å²) in [6, 6.07) is 4.08. The predicted molar refractivity (Wildman–Crippen MR) is 67.3 cm³/mol. The molecule has 0 spiro atoms. The Morgan fingerprint density at radius 1 is 1.61 bits per heavy atom. The third kappa shape index (κ3) is 3.19. The van der Waals surface area contributed by atoms with E-state index in [0.29, 0.717) is 0 Å². The van der Waals surface area contributed by atoms with Gasteiger partial charge in [-0.05, 0) is 25.1 Å². The van der Waals surface area contributed by atoms with Crippen molar-refractivity contribution in [2.24, 2.45) is 0 Å². The minimum atomic E-state index is -0.563. The summed E-state index contributed by atoms with van der Waals surface area (Å²) in [5.74, 6) is -0.947. The Bertz CT molecular complexity index is 463. The summed E-state index contributed by atoms with van der Waals surface area (Å²) < 4.78 is 18.9. The molecule has 1 heterocycles. The number of amides is 1. The fraction of sp³-hybridized carbons (Fsp3) is 0.417. The maximum atomic E-state index is 13.4. The molecule has 2 N–H and O–H groups in total. The molecule has 1 aromatic rings. The quantitative estimate of drug-likeness (QED) is 0.879. The molecule has 0 aromatic heterocycles. The number of carbonyl (C=O) groups is 1. The summed E-state index contributed by atoms with van der Waals surface area (Å²) in [5, 5.41) is 5.79. The number of halogens is 2. The molecule has 1 aliphatic rings.